The summed E-state index contributed by atoms with van der Waals surface area (Å²) in [6.45, 7) is 0. The van der Waals surface area contributed by atoms with Gasteiger partial charge in [-0.2, -0.15) is 0 Å². The number of non-ortho nitro benzene ring substituents is 1. The highest BCUT2D eigenvalue weighted by Crippen LogP contribution is 2.45. The lowest BCUT2D eigenvalue weighted by molar-refractivity contribution is -0.384. The monoisotopic (exact) mass is 451 g/mol. The van der Waals surface area contributed by atoms with E-state index in [1.807, 2.05) is 0 Å². The molecule has 0 bridgehead atoms. The predicted molar refractivity (Wildman–Crippen MR) is 118 cm³/mol. The fourth-order valence-corrected chi connectivity index (χ4v) is 3.48. The number of nitrogens with zero attached hydrogens (tertiary/aromatic N) is 1. The summed E-state index contributed by atoms with van der Waals surface area (Å²) in [7, 11) is 4.34. The number of rotatable bonds is 6. The van der Waals surface area contributed by atoms with Gasteiger partial charge in [0.2, 0.25) is 5.75 Å². The molecule has 0 amide bonds. The van der Waals surface area contributed by atoms with Gasteiger partial charge < -0.3 is 23.4 Å². The van der Waals surface area contributed by atoms with Gasteiger partial charge in [0.15, 0.2) is 11.5 Å². The second-order valence-corrected chi connectivity index (χ2v) is 6.81. The number of hydrogen-bond donors (Lipinski definition) is 0. The SMILES string of the molecule is COc1cc2c(=O)oc3cc(OC(=O)c4ccc([N+](=O)[O-])cc4)ccc3c2c(OC)c1OC. The molecule has 0 unspecified atom stereocenters. The van der Waals surface area contributed by atoms with E-state index in [1.165, 1.54) is 63.8 Å². The molecule has 0 aliphatic carbocycles. The van der Waals surface area contributed by atoms with Gasteiger partial charge in [-0.3, -0.25) is 10.1 Å². The fourth-order valence-electron chi connectivity index (χ4n) is 3.48. The normalized spacial score (nSPS) is 10.8. The Labute approximate surface area is 186 Å². The van der Waals surface area contributed by atoms with Crippen molar-refractivity contribution in [1.29, 1.82) is 0 Å². The Morgan fingerprint density at radius 2 is 1.61 bits per heavy atom. The molecule has 0 saturated heterocycles. The zero-order valence-electron chi connectivity index (χ0n) is 17.7. The molecule has 0 radical (unpaired) electrons. The van der Waals surface area contributed by atoms with Crippen LogP contribution in [0.1, 0.15) is 10.4 Å². The molecule has 3 aromatic carbocycles. The largest absolute Gasteiger partial charge is 0.493 e. The molecule has 0 atom stereocenters. The highest BCUT2D eigenvalue weighted by Gasteiger charge is 2.21. The first-order valence-electron chi connectivity index (χ1n) is 9.54. The maximum Gasteiger partial charge on any atom is 0.344 e. The van der Waals surface area contributed by atoms with Crippen molar-refractivity contribution in [3.05, 3.63) is 74.6 Å². The van der Waals surface area contributed by atoms with Crippen molar-refractivity contribution >= 4 is 33.4 Å². The number of esters is 1. The Bertz CT molecular complexity index is 1460. The van der Waals surface area contributed by atoms with E-state index >= 15 is 0 Å². The standard InChI is InChI=1S/C23H17NO9/c1-29-18-11-16-19(21(31-3)20(18)30-2)15-9-8-14(10-17(15)33-23(16)26)32-22(25)12-4-6-13(7-5-12)24(27)28/h4-11H,1-3H3. The molecule has 10 nitrogen and oxygen atoms in total. The minimum absolute atomic E-state index is 0.118. The van der Waals surface area contributed by atoms with Crippen molar-refractivity contribution in [3.8, 4) is 23.0 Å². The second-order valence-electron chi connectivity index (χ2n) is 6.81. The number of nitro benzene ring substituents is 1. The molecule has 4 rings (SSSR count). The van der Waals surface area contributed by atoms with Crippen molar-refractivity contribution in [2.45, 2.75) is 0 Å². The first-order chi connectivity index (χ1) is 15.9. The van der Waals surface area contributed by atoms with Crippen molar-refractivity contribution in [1.82, 2.24) is 0 Å². The molecule has 33 heavy (non-hydrogen) atoms. The summed E-state index contributed by atoms with van der Waals surface area (Å²) in [5.41, 5.74) is -0.506. The summed E-state index contributed by atoms with van der Waals surface area (Å²) in [6, 6.07) is 11.0. The highest BCUT2D eigenvalue weighted by atomic mass is 16.6. The molecule has 0 fully saturated rings. The zero-order chi connectivity index (χ0) is 23.7. The Morgan fingerprint density at radius 3 is 2.21 bits per heavy atom. The van der Waals surface area contributed by atoms with Crippen LogP contribution in [0.4, 0.5) is 5.69 Å². The van der Waals surface area contributed by atoms with Crippen molar-refractivity contribution in [2.75, 3.05) is 21.3 Å². The van der Waals surface area contributed by atoms with Crippen molar-refractivity contribution in [3.63, 3.8) is 0 Å². The number of nitro groups is 1. The third-order valence-corrected chi connectivity index (χ3v) is 5.00. The minimum atomic E-state index is -0.726. The van der Waals surface area contributed by atoms with Crippen LogP contribution in [0.2, 0.25) is 0 Å². The molecule has 4 aromatic rings. The van der Waals surface area contributed by atoms with Crippen LogP contribution in [-0.2, 0) is 0 Å². The van der Waals surface area contributed by atoms with Gasteiger partial charge in [-0.15, -0.1) is 0 Å². The van der Waals surface area contributed by atoms with E-state index in [1.54, 1.807) is 6.07 Å². The van der Waals surface area contributed by atoms with Crippen molar-refractivity contribution < 1.29 is 33.1 Å². The van der Waals surface area contributed by atoms with E-state index in [4.69, 9.17) is 23.4 Å². The Balaban J connectivity index is 1.79. The van der Waals surface area contributed by atoms with Crippen LogP contribution in [0.5, 0.6) is 23.0 Å². The van der Waals surface area contributed by atoms with Crippen LogP contribution in [0, 0.1) is 10.1 Å². The summed E-state index contributed by atoms with van der Waals surface area (Å²) >= 11 is 0. The highest BCUT2D eigenvalue weighted by molar-refractivity contribution is 6.10. The summed E-state index contributed by atoms with van der Waals surface area (Å²) in [4.78, 5) is 35.3. The number of benzene rings is 3. The summed E-state index contributed by atoms with van der Waals surface area (Å²) in [6.07, 6.45) is 0. The molecule has 1 aromatic heterocycles. The smallest absolute Gasteiger partial charge is 0.344 e. The van der Waals surface area contributed by atoms with Crippen LogP contribution in [0.25, 0.3) is 21.7 Å². The molecule has 0 saturated carbocycles. The van der Waals surface area contributed by atoms with Gasteiger partial charge in [-0.1, -0.05) is 0 Å². The molecule has 168 valence electrons. The number of ether oxygens (including phenoxy) is 4. The molecular weight excluding hydrogens is 434 g/mol. The Kier molecular flexibility index (Phi) is 5.57. The zero-order valence-corrected chi connectivity index (χ0v) is 17.7. The van der Waals surface area contributed by atoms with Gasteiger partial charge >= 0.3 is 11.6 Å². The van der Waals surface area contributed by atoms with Gasteiger partial charge in [-0.25, -0.2) is 9.59 Å². The average Bonchev–Trinajstić information content (AvgIpc) is 2.82. The summed E-state index contributed by atoms with van der Waals surface area (Å²) in [5, 5.41) is 12.0. The Hall–Kier alpha value is -4.60. The number of fused-ring (bicyclic) bond motifs is 3. The van der Waals surface area contributed by atoms with E-state index in [2.05, 4.69) is 0 Å². The van der Waals surface area contributed by atoms with E-state index in [-0.39, 0.29) is 28.0 Å². The quantitative estimate of drug-likeness (QED) is 0.106. The average molecular weight is 451 g/mol. The summed E-state index contributed by atoms with van der Waals surface area (Å²) in [5.74, 6) is 0.305. The Morgan fingerprint density at radius 1 is 0.909 bits per heavy atom. The first kappa shape index (κ1) is 21.6. The molecule has 0 spiro atoms. The van der Waals surface area contributed by atoms with Gasteiger partial charge in [0, 0.05) is 29.0 Å². The number of methoxy groups -OCH3 is 3. The lowest BCUT2D eigenvalue weighted by Gasteiger charge is -2.15. The molecule has 0 aliphatic heterocycles. The van der Waals surface area contributed by atoms with Crippen LogP contribution in [0.15, 0.2) is 57.7 Å². The van der Waals surface area contributed by atoms with Crippen LogP contribution in [0.3, 0.4) is 0 Å². The van der Waals surface area contributed by atoms with Gasteiger partial charge in [0.1, 0.15) is 11.3 Å². The molecular formula is C23H17NO9. The molecule has 0 aliphatic rings. The van der Waals surface area contributed by atoms with Crippen molar-refractivity contribution in [2.24, 2.45) is 0 Å². The lowest BCUT2D eigenvalue weighted by Crippen LogP contribution is -2.09. The van der Waals surface area contributed by atoms with Gasteiger partial charge in [0.05, 0.1) is 37.2 Å². The van der Waals surface area contributed by atoms with Crippen LogP contribution in [-0.4, -0.2) is 32.2 Å². The maximum absolute atomic E-state index is 12.7. The van der Waals surface area contributed by atoms with Gasteiger partial charge in [-0.05, 0) is 30.3 Å². The first-order valence-corrected chi connectivity index (χ1v) is 9.54. The van der Waals surface area contributed by atoms with E-state index in [0.717, 1.165) is 0 Å². The van der Waals surface area contributed by atoms with E-state index in [0.29, 0.717) is 28.0 Å². The molecule has 0 N–H and O–H groups in total. The summed E-state index contributed by atoms with van der Waals surface area (Å²) < 4.78 is 27.0. The third-order valence-electron chi connectivity index (χ3n) is 5.00. The topological polar surface area (TPSA) is 127 Å². The maximum atomic E-state index is 12.7. The third kappa shape index (κ3) is 3.78. The number of carbonyl (C=O) groups excluding carboxylic acids is 1. The lowest BCUT2D eigenvalue weighted by atomic mass is 10.0. The fraction of sp³-hybridized carbons (Fsp3) is 0.130. The minimum Gasteiger partial charge on any atom is -0.493 e. The number of carbonyl (C=O) groups is 1. The number of hydrogen-bond acceptors (Lipinski definition) is 9. The molecule has 10 heteroatoms. The van der Waals surface area contributed by atoms with Crippen LogP contribution < -0.4 is 24.6 Å². The van der Waals surface area contributed by atoms with E-state index in [9.17, 15) is 19.7 Å². The predicted octanol–water partition coefficient (Wildman–Crippen LogP) is 4.10. The second kappa shape index (κ2) is 8.50. The van der Waals surface area contributed by atoms with Crippen LogP contribution >= 0.6 is 0 Å². The molecule has 1 heterocycles. The van der Waals surface area contributed by atoms with Gasteiger partial charge in [0.25, 0.3) is 5.69 Å². The van der Waals surface area contributed by atoms with E-state index < -0.39 is 16.5 Å².